The van der Waals surface area contributed by atoms with Crippen molar-refractivity contribution in [3.8, 4) is 0 Å². The van der Waals surface area contributed by atoms with E-state index in [-0.39, 0.29) is 5.91 Å². The summed E-state index contributed by atoms with van der Waals surface area (Å²) in [5, 5.41) is 3.55. The number of anilines is 2. The van der Waals surface area contributed by atoms with Gasteiger partial charge in [-0.25, -0.2) is 0 Å². The Morgan fingerprint density at radius 1 is 1.24 bits per heavy atom. The van der Waals surface area contributed by atoms with Gasteiger partial charge in [-0.2, -0.15) is 0 Å². The van der Waals surface area contributed by atoms with Crippen molar-refractivity contribution >= 4 is 28.9 Å². The smallest absolute Gasteiger partial charge is 0.257 e. The Morgan fingerprint density at radius 3 is 2.76 bits per heavy atom. The Hall–Kier alpha value is -2.07. The summed E-state index contributed by atoms with van der Waals surface area (Å²) in [6, 6.07) is 9.10. The zero-order valence-electron chi connectivity index (χ0n) is 11.6. The van der Waals surface area contributed by atoms with Gasteiger partial charge >= 0.3 is 0 Å². The van der Waals surface area contributed by atoms with Crippen LogP contribution in [-0.2, 0) is 0 Å². The fourth-order valence-corrected chi connectivity index (χ4v) is 2.71. The second-order valence-corrected chi connectivity index (χ2v) is 5.49. The highest BCUT2D eigenvalue weighted by molar-refractivity contribution is 6.31. The first-order valence-electron chi connectivity index (χ1n) is 7.00. The van der Waals surface area contributed by atoms with E-state index in [1.807, 2.05) is 12.1 Å². The van der Waals surface area contributed by atoms with Gasteiger partial charge in [0.2, 0.25) is 0 Å². The van der Waals surface area contributed by atoms with Gasteiger partial charge in [0.05, 0.1) is 16.9 Å². The van der Waals surface area contributed by atoms with E-state index in [1.165, 1.54) is 12.8 Å². The lowest BCUT2D eigenvalue weighted by atomic mass is 10.2. The number of hydrogen-bond acceptors (Lipinski definition) is 3. The lowest BCUT2D eigenvalue weighted by Gasteiger charge is -2.21. The highest BCUT2D eigenvalue weighted by Crippen LogP contribution is 2.31. The fourth-order valence-electron chi connectivity index (χ4n) is 2.53. The molecule has 0 unspecified atom stereocenters. The van der Waals surface area contributed by atoms with Crippen molar-refractivity contribution in [2.24, 2.45) is 0 Å². The molecule has 21 heavy (non-hydrogen) atoms. The number of nitrogens with zero attached hydrogens (tertiary/aromatic N) is 2. The first kappa shape index (κ1) is 13.9. The molecule has 1 aliphatic rings. The molecular formula is C16H16ClN3O. The summed E-state index contributed by atoms with van der Waals surface area (Å²) >= 11 is 6.07. The molecule has 1 saturated heterocycles. The summed E-state index contributed by atoms with van der Waals surface area (Å²) in [6.07, 6.45) is 5.55. The molecule has 1 N–H and O–H groups in total. The summed E-state index contributed by atoms with van der Waals surface area (Å²) in [6.45, 7) is 2.02. The van der Waals surface area contributed by atoms with Gasteiger partial charge in [0, 0.05) is 30.5 Å². The minimum absolute atomic E-state index is 0.175. The molecule has 0 aliphatic carbocycles. The molecule has 0 spiro atoms. The topological polar surface area (TPSA) is 45.2 Å². The molecule has 1 amide bonds. The van der Waals surface area contributed by atoms with Crippen LogP contribution in [0.1, 0.15) is 23.2 Å². The number of halogens is 1. The minimum atomic E-state index is -0.175. The standard InChI is InChI=1S/C16H16ClN3O/c17-13-5-6-15(20-8-1-2-9-20)14(10-13)19-16(21)12-4-3-7-18-11-12/h3-7,10-11H,1-2,8-9H2,(H,19,21). The highest BCUT2D eigenvalue weighted by atomic mass is 35.5. The molecule has 0 radical (unpaired) electrons. The van der Waals surface area contributed by atoms with Crippen molar-refractivity contribution < 1.29 is 4.79 Å². The Kier molecular flexibility index (Phi) is 4.06. The van der Waals surface area contributed by atoms with Gasteiger partial charge < -0.3 is 10.2 Å². The molecule has 1 aromatic heterocycles. The van der Waals surface area contributed by atoms with Gasteiger partial charge in [0.1, 0.15) is 0 Å². The first-order chi connectivity index (χ1) is 10.2. The number of carbonyl (C=O) groups excluding carboxylic acids is 1. The zero-order chi connectivity index (χ0) is 14.7. The number of hydrogen-bond donors (Lipinski definition) is 1. The quantitative estimate of drug-likeness (QED) is 0.942. The van der Waals surface area contributed by atoms with Gasteiger partial charge in [-0.3, -0.25) is 9.78 Å². The second kappa shape index (κ2) is 6.14. The van der Waals surface area contributed by atoms with Gasteiger partial charge in [0.15, 0.2) is 0 Å². The predicted octanol–water partition coefficient (Wildman–Crippen LogP) is 3.59. The number of rotatable bonds is 3. The molecule has 0 atom stereocenters. The van der Waals surface area contributed by atoms with Crippen LogP contribution in [-0.4, -0.2) is 24.0 Å². The van der Waals surface area contributed by atoms with E-state index in [0.29, 0.717) is 10.6 Å². The first-order valence-corrected chi connectivity index (χ1v) is 7.38. The fraction of sp³-hybridized carbons (Fsp3) is 0.250. The van der Waals surface area contributed by atoms with Crippen LogP contribution in [0, 0.1) is 0 Å². The van der Waals surface area contributed by atoms with Crippen LogP contribution in [0.4, 0.5) is 11.4 Å². The molecule has 1 fully saturated rings. The van der Waals surface area contributed by atoms with E-state index in [4.69, 9.17) is 11.6 Å². The third-order valence-corrected chi connectivity index (χ3v) is 3.81. The number of aromatic nitrogens is 1. The largest absolute Gasteiger partial charge is 0.370 e. The Balaban J connectivity index is 1.87. The van der Waals surface area contributed by atoms with E-state index in [9.17, 15) is 4.79 Å². The van der Waals surface area contributed by atoms with E-state index in [1.54, 1.807) is 30.6 Å². The maximum absolute atomic E-state index is 12.3. The van der Waals surface area contributed by atoms with Crippen LogP contribution in [0.2, 0.25) is 5.02 Å². The minimum Gasteiger partial charge on any atom is -0.370 e. The van der Waals surface area contributed by atoms with Gasteiger partial charge in [0.25, 0.3) is 5.91 Å². The van der Waals surface area contributed by atoms with E-state index < -0.39 is 0 Å². The van der Waals surface area contributed by atoms with Crippen LogP contribution in [0.25, 0.3) is 0 Å². The average Bonchev–Trinajstić information content (AvgIpc) is 3.02. The van der Waals surface area contributed by atoms with Crippen LogP contribution in [0.3, 0.4) is 0 Å². The normalized spacial score (nSPS) is 14.2. The molecule has 5 heteroatoms. The van der Waals surface area contributed by atoms with Gasteiger partial charge in [-0.15, -0.1) is 0 Å². The Morgan fingerprint density at radius 2 is 2.05 bits per heavy atom. The molecule has 0 saturated carbocycles. The molecule has 1 aliphatic heterocycles. The molecular weight excluding hydrogens is 286 g/mol. The number of carbonyl (C=O) groups is 1. The number of nitrogens with one attached hydrogen (secondary N) is 1. The second-order valence-electron chi connectivity index (χ2n) is 5.05. The van der Waals surface area contributed by atoms with Gasteiger partial charge in [-0.05, 0) is 43.2 Å². The molecule has 4 nitrogen and oxygen atoms in total. The molecule has 108 valence electrons. The highest BCUT2D eigenvalue weighted by Gasteiger charge is 2.17. The Bertz CT molecular complexity index is 639. The maximum Gasteiger partial charge on any atom is 0.257 e. The molecule has 1 aromatic carbocycles. The molecule has 2 aromatic rings. The van der Waals surface area contributed by atoms with Gasteiger partial charge in [-0.1, -0.05) is 11.6 Å². The average molecular weight is 302 g/mol. The third kappa shape index (κ3) is 3.16. The maximum atomic E-state index is 12.3. The SMILES string of the molecule is O=C(Nc1cc(Cl)ccc1N1CCCC1)c1cccnc1. The lowest BCUT2D eigenvalue weighted by molar-refractivity contribution is 0.102. The summed E-state index contributed by atoms with van der Waals surface area (Å²) in [5.74, 6) is -0.175. The van der Waals surface area contributed by atoms with Crippen molar-refractivity contribution in [3.63, 3.8) is 0 Å². The van der Waals surface area contributed by atoms with E-state index >= 15 is 0 Å². The summed E-state index contributed by atoms with van der Waals surface area (Å²) < 4.78 is 0. The van der Waals surface area contributed by atoms with Crippen molar-refractivity contribution in [1.29, 1.82) is 0 Å². The number of benzene rings is 1. The van der Waals surface area contributed by atoms with E-state index in [0.717, 1.165) is 24.5 Å². The van der Waals surface area contributed by atoms with Crippen LogP contribution >= 0.6 is 11.6 Å². The van der Waals surface area contributed by atoms with Crippen molar-refractivity contribution in [2.75, 3.05) is 23.3 Å². The molecule has 2 heterocycles. The van der Waals surface area contributed by atoms with Crippen LogP contribution in [0.5, 0.6) is 0 Å². The molecule has 0 bridgehead atoms. The monoisotopic (exact) mass is 301 g/mol. The van der Waals surface area contributed by atoms with Crippen LogP contribution in [0.15, 0.2) is 42.7 Å². The third-order valence-electron chi connectivity index (χ3n) is 3.58. The summed E-state index contributed by atoms with van der Waals surface area (Å²) in [4.78, 5) is 18.5. The summed E-state index contributed by atoms with van der Waals surface area (Å²) in [5.41, 5.74) is 2.30. The van der Waals surface area contributed by atoms with Crippen molar-refractivity contribution in [3.05, 3.63) is 53.3 Å². The van der Waals surface area contributed by atoms with E-state index in [2.05, 4.69) is 15.2 Å². The zero-order valence-corrected chi connectivity index (χ0v) is 12.3. The molecule has 3 rings (SSSR count). The number of amides is 1. The van der Waals surface area contributed by atoms with Crippen LogP contribution < -0.4 is 10.2 Å². The summed E-state index contributed by atoms with van der Waals surface area (Å²) in [7, 11) is 0. The van der Waals surface area contributed by atoms with Crippen molar-refractivity contribution in [1.82, 2.24) is 4.98 Å². The predicted molar refractivity (Wildman–Crippen MR) is 85.1 cm³/mol. The number of pyridine rings is 1. The lowest BCUT2D eigenvalue weighted by Crippen LogP contribution is -2.21. The van der Waals surface area contributed by atoms with Crippen molar-refractivity contribution in [2.45, 2.75) is 12.8 Å². The Labute approximate surface area is 128 Å².